The van der Waals surface area contributed by atoms with Gasteiger partial charge in [0.05, 0.1) is 6.61 Å². The molecule has 1 fully saturated rings. The first-order valence-electron chi connectivity index (χ1n) is 6.03. The first-order chi connectivity index (χ1) is 7.06. The SMILES string of the molecule is CC(C)(C)[Si](C)(C)OC[C@@]1(F)CC[C@H](I)C1. The van der Waals surface area contributed by atoms with E-state index in [2.05, 4.69) is 56.5 Å². The van der Waals surface area contributed by atoms with Crippen molar-refractivity contribution in [2.24, 2.45) is 0 Å². The summed E-state index contributed by atoms with van der Waals surface area (Å²) in [5.74, 6) is 0. The van der Waals surface area contributed by atoms with E-state index in [9.17, 15) is 4.39 Å². The van der Waals surface area contributed by atoms with Crippen molar-refractivity contribution >= 4 is 30.9 Å². The lowest BCUT2D eigenvalue weighted by molar-refractivity contribution is 0.0837. The Morgan fingerprint density at radius 1 is 1.44 bits per heavy atom. The average molecular weight is 358 g/mol. The lowest BCUT2D eigenvalue weighted by Gasteiger charge is -2.38. The smallest absolute Gasteiger partial charge is 0.192 e. The van der Waals surface area contributed by atoms with Crippen LogP contribution >= 0.6 is 22.6 Å². The highest BCUT2D eigenvalue weighted by Gasteiger charge is 2.43. The highest BCUT2D eigenvalue weighted by Crippen LogP contribution is 2.41. The highest BCUT2D eigenvalue weighted by molar-refractivity contribution is 14.1. The van der Waals surface area contributed by atoms with Gasteiger partial charge in [-0.2, -0.15) is 0 Å². The van der Waals surface area contributed by atoms with E-state index in [-0.39, 0.29) is 5.04 Å². The molecule has 0 aliphatic heterocycles. The lowest BCUT2D eigenvalue weighted by Crippen LogP contribution is -2.44. The third-order valence-electron chi connectivity index (χ3n) is 3.99. The van der Waals surface area contributed by atoms with E-state index >= 15 is 0 Å². The first-order valence-corrected chi connectivity index (χ1v) is 10.2. The van der Waals surface area contributed by atoms with Crippen LogP contribution in [0.4, 0.5) is 4.39 Å². The van der Waals surface area contributed by atoms with Gasteiger partial charge < -0.3 is 4.43 Å². The van der Waals surface area contributed by atoms with Gasteiger partial charge in [-0.1, -0.05) is 43.4 Å². The average Bonchev–Trinajstić information content (AvgIpc) is 2.42. The van der Waals surface area contributed by atoms with Crippen LogP contribution in [-0.4, -0.2) is 24.5 Å². The van der Waals surface area contributed by atoms with E-state index in [1.165, 1.54) is 0 Å². The first kappa shape index (κ1) is 14.9. The maximum absolute atomic E-state index is 14.4. The summed E-state index contributed by atoms with van der Waals surface area (Å²) < 4.78 is 20.9. The predicted molar refractivity (Wildman–Crippen MR) is 78.6 cm³/mol. The maximum Gasteiger partial charge on any atom is 0.192 e. The standard InChI is InChI=1S/C12H24FIOSi/c1-11(2,3)16(4,5)15-9-12(13)7-6-10(14)8-12/h10H,6-9H2,1-5H3/t10-,12+/m0/s1. The zero-order valence-corrected chi connectivity index (χ0v) is 14.2. The van der Waals surface area contributed by atoms with Crippen LogP contribution in [0.3, 0.4) is 0 Å². The normalized spacial score (nSPS) is 32.1. The Morgan fingerprint density at radius 2 is 2.00 bits per heavy atom. The monoisotopic (exact) mass is 358 g/mol. The molecular weight excluding hydrogens is 334 g/mol. The molecule has 1 rings (SSSR count). The van der Waals surface area contributed by atoms with E-state index in [1.807, 2.05) is 0 Å². The highest BCUT2D eigenvalue weighted by atomic mass is 127. The zero-order chi connectivity index (χ0) is 12.6. The number of hydrogen-bond acceptors (Lipinski definition) is 1. The molecule has 0 saturated heterocycles. The summed E-state index contributed by atoms with van der Waals surface area (Å²) in [5, 5.41) is 0.172. The Bertz CT molecular complexity index is 252. The molecule has 16 heavy (non-hydrogen) atoms. The van der Waals surface area contributed by atoms with Crippen LogP contribution in [0.15, 0.2) is 0 Å². The minimum atomic E-state index is -1.78. The molecule has 0 bridgehead atoms. The molecule has 1 nitrogen and oxygen atoms in total. The fourth-order valence-electron chi connectivity index (χ4n) is 1.67. The summed E-state index contributed by atoms with van der Waals surface area (Å²) >= 11 is 2.35. The topological polar surface area (TPSA) is 9.23 Å². The Labute approximate surface area is 114 Å². The summed E-state index contributed by atoms with van der Waals surface area (Å²) in [6.07, 6.45) is 2.34. The Balaban J connectivity index is 2.52. The van der Waals surface area contributed by atoms with Crippen LogP contribution in [0, 0.1) is 0 Å². The number of hydrogen-bond donors (Lipinski definition) is 0. The second kappa shape index (κ2) is 4.84. The van der Waals surface area contributed by atoms with Crippen molar-refractivity contribution in [2.75, 3.05) is 6.61 Å². The third-order valence-corrected chi connectivity index (χ3v) is 9.53. The fourth-order valence-corrected chi connectivity index (χ4v) is 3.83. The van der Waals surface area contributed by atoms with Crippen LogP contribution in [-0.2, 0) is 4.43 Å². The van der Waals surface area contributed by atoms with Crippen molar-refractivity contribution in [3.05, 3.63) is 0 Å². The molecule has 0 heterocycles. The molecule has 0 aromatic heterocycles. The number of halogens is 2. The molecule has 0 radical (unpaired) electrons. The summed E-state index contributed by atoms with van der Waals surface area (Å²) in [6, 6.07) is 0. The predicted octanol–water partition coefficient (Wildman–Crippen LogP) is 4.70. The van der Waals surface area contributed by atoms with Gasteiger partial charge in [-0.25, -0.2) is 4.39 Å². The van der Waals surface area contributed by atoms with Gasteiger partial charge in [0.1, 0.15) is 5.67 Å². The fraction of sp³-hybridized carbons (Fsp3) is 1.00. The molecule has 1 aliphatic rings. The van der Waals surface area contributed by atoms with E-state index in [1.54, 1.807) is 0 Å². The Kier molecular flexibility index (Phi) is 4.51. The Morgan fingerprint density at radius 3 is 2.38 bits per heavy atom. The van der Waals surface area contributed by atoms with Crippen molar-refractivity contribution in [3.8, 4) is 0 Å². The van der Waals surface area contributed by atoms with Crippen LogP contribution in [0.1, 0.15) is 40.0 Å². The van der Waals surface area contributed by atoms with Gasteiger partial charge in [-0.3, -0.25) is 0 Å². The summed E-state index contributed by atoms with van der Waals surface area (Å²) in [4.78, 5) is 0. The second-order valence-electron chi connectivity index (χ2n) is 6.54. The molecule has 2 atom stereocenters. The van der Waals surface area contributed by atoms with E-state index in [4.69, 9.17) is 4.43 Å². The molecule has 1 aliphatic carbocycles. The molecule has 0 spiro atoms. The van der Waals surface area contributed by atoms with Crippen molar-refractivity contribution in [3.63, 3.8) is 0 Å². The van der Waals surface area contributed by atoms with Crippen molar-refractivity contribution < 1.29 is 8.82 Å². The molecule has 0 N–H and O–H groups in total. The molecule has 0 aromatic rings. The van der Waals surface area contributed by atoms with Gasteiger partial charge >= 0.3 is 0 Å². The van der Waals surface area contributed by atoms with E-state index in [0.29, 0.717) is 23.4 Å². The van der Waals surface area contributed by atoms with Gasteiger partial charge in [0.15, 0.2) is 8.32 Å². The number of alkyl halides is 2. The molecule has 0 aromatic carbocycles. The maximum atomic E-state index is 14.4. The largest absolute Gasteiger partial charge is 0.414 e. The molecule has 0 unspecified atom stereocenters. The minimum absolute atomic E-state index is 0.172. The summed E-state index contributed by atoms with van der Waals surface area (Å²) in [5.41, 5.74) is -1.05. The van der Waals surface area contributed by atoms with E-state index < -0.39 is 14.0 Å². The molecule has 96 valence electrons. The van der Waals surface area contributed by atoms with Gasteiger partial charge in [0, 0.05) is 3.92 Å². The van der Waals surface area contributed by atoms with Gasteiger partial charge in [-0.15, -0.1) is 0 Å². The molecule has 4 heteroatoms. The van der Waals surface area contributed by atoms with Crippen molar-refractivity contribution in [1.82, 2.24) is 0 Å². The van der Waals surface area contributed by atoms with Crippen molar-refractivity contribution in [2.45, 2.75) is 67.8 Å². The van der Waals surface area contributed by atoms with Crippen LogP contribution < -0.4 is 0 Å². The quantitative estimate of drug-likeness (QED) is 0.404. The summed E-state index contributed by atoms with van der Waals surface area (Å²) in [7, 11) is -1.78. The van der Waals surface area contributed by atoms with Gasteiger partial charge in [0.25, 0.3) is 0 Å². The number of rotatable bonds is 3. The van der Waals surface area contributed by atoms with Crippen LogP contribution in [0.5, 0.6) is 0 Å². The molecule has 1 saturated carbocycles. The van der Waals surface area contributed by atoms with E-state index in [0.717, 1.165) is 6.42 Å². The molecular formula is C12H24FIOSi. The van der Waals surface area contributed by atoms with Crippen LogP contribution in [0.2, 0.25) is 18.1 Å². The summed E-state index contributed by atoms with van der Waals surface area (Å²) in [6.45, 7) is 11.3. The Hall–Kier alpha value is 0.837. The minimum Gasteiger partial charge on any atom is -0.414 e. The van der Waals surface area contributed by atoms with Gasteiger partial charge in [0.2, 0.25) is 0 Å². The second-order valence-corrected chi connectivity index (χ2v) is 13.1. The third kappa shape index (κ3) is 3.67. The van der Waals surface area contributed by atoms with Crippen molar-refractivity contribution in [1.29, 1.82) is 0 Å². The zero-order valence-electron chi connectivity index (χ0n) is 11.1. The lowest BCUT2D eigenvalue weighted by atomic mass is 10.1. The molecule has 0 amide bonds. The van der Waals surface area contributed by atoms with Crippen LogP contribution in [0.25, 0.3) is 0 Å². The van der Waals surface area contributed by atoms with Gasteiger partial charge in [-0.05, 0) is 37.4 Å².